The molecule has 1 aliphatic rings. The zero-order valence-electron chi connectivity index (χ0n) is 8.52. The lowest BCUT2D eigenvalue weighted by atomic mass is 10.0. The minimum atomic E-state index is -0.580. The SMILES string of the molecule is CC1(C)C(N)C1c1ccc(F)c(Br)c1F. The van der Waals surface area contributed by atoms with E-state index in [0.717, 1.165) is 0 Å². The predicted octanol–water partition coefficient (Wildman–Crippen LogP) is 3.18. The van der Waals surface area contributed by atoms with Crippen LogP contribution in [0.25, 0.3) is 0 Å². The van der Waals surface area contributed by atoms with Crippen LogP contribution in [0.15, 0.2) is 16.6 Å². The quantitative estimate of drug-likeness (QED) is 0.783. The topological polar surface area (TPSA) is 26.0 Å². The highest BCUT2D eigenvalue weighted by Crippen LogP contribution is 2.58. The second-order valence-corrected chi connectivity index (χ2v) is 5.38. The summed E-state index contributed by atoms with van der Waals surface area (Å²) in [5.74, 6) is -1.13. The molecule has 0 aromatic heterocycles. The molecule has 15 heavy (non-hydrogen) atoms. The molecule has 1 aliphatic carbocycles. The molecule has 0 bridgehead atoms. The van der Waals surface area contributed by atoms with Gasteiger partial charge in [0, 0.05) is 12.0 Å². The van der Waals surface area contributed by atoms with Crippen molar-refractivity contribution in [1.29, 1.82) is 0 Å². The summed E-state index contributed by atoms with van der Waals surface area (Å²) in [5, 5.41) is 0. The van der Waals surface area contributed by atoms with Crippen LogP contribution in [-0.4, -0.2) is 6.04 Å². The van der Waals surface area contributed by atoms with Crippen LogP contribution in [0.3, 0.4) is 0 Å². The van der Waals surface area contributed by atoms with Crippen LogP contribution in [0.1, 0.15) is 25.3 Å². The van der Waals surface area contributed by atoms with Gasteiger partial charge in [-0.15, -0.1) is 0 Å². The summed E-state index contributed by atoms with van der Waals surface area (Å²) in [6.07, 6.45) is 0. The lowest BCUT2D eigenvalue weighted by Gasteiger charge is -2.06. The third-order valence-corrected chi connectivity index (χ3v) is 4.04. The standard InChI is InChI=1S/C11H12BrF2N/c1-11(2)7(10(11)15)5-3-4-6(13)8(12)9(5)14/h3-4,7,10H,15H2,1-2H3. The van der Waals surface area contributed by atoms with Crippen molar-refractivity contribution in [2.45, 2.75) is 25.8 Å². The number of halogens is 3. The summed E-state index contributed by atoms with van der Waals surface area (Å²) < 4.78 is 26.6. The maximum Gasteiger partial charge on any atom is 0.143 e. The molecule has 1 fully saturated rings. The van der Waals surface area contributed by atoms with Gasteiger partial charge in [-0.1, -0.05) is 19.9 Å². The van der Waals surface area contributed by atoms with Gasteiger partial charge in [-0.2, -0.15) is 0 Å². The van der Waals surface area contributed by atoms with Crippen molar-refractivity contribution in [2.24, 2.45) is 11.1 Å². The largest absolute Gasteiger partial charge is 0.327 e. The molecule has 82 valence electrons. The molecule has 2 unspecified atom stereocenters. The zero-order valence-corrected chi connectivity index (χ0v) is 10.1. The molecule has 1 saturated carbocycles. The Bertz CT molecular complexity index is 417. The van der Waals surface area contributed by atoms with E-state index in [1.54, 1.807) is 0 Å². The minimum Gasteiger partial charge on any atom is -0.327 e. The van der Waals surface area contributed by atoms with Gasteiger partial charge in [0.25, 0.3) is 0 Å². The van der Waals surface area contributed by atoms with E-state index in [1.165, 1.54) is 12.1 Å². The van der Waals surface area contributed by atoms with Crippen molar-refractivity contribution >= 4 is 15.9 Å². The lowest BCUT2D eigenvalue weighted by molar-refractivity contribution is 0.545. The number of benzene rings is 1. The van der Waals surface area contributed by atoms with Gasteiger partial charge in [0.1, 0.15) is 11.6 Å². The minimum absolute atomic E-state index is 0.0191. The molecule has 0 spiro atoms. The second kappa shape index (κ2) is 3.25. The molecule has 2 rings (SSSR count). The molecule has 4 heteroatoms. The van der Waals surface area contributed by atoms with Crippen LogP contribution in [0.4, 0.5) is 8.78 Å². The van der Waals surface area contributed by atoms with Gasteiger partial charge in [0.2, 0.25) is 0 Å². The molecule has 2 N–H and O–H groups in total. The molecule has 1 aromatic carbocycles. The van der Waals surface area contributed by atoms with E-state index in [2.05, 4.69) is 15.9 Å². The fraction of sp³-hybridized carbons (Fsp3) is 0.455. The normalized spacial score (nSPS) is 27.9. The number of hydrogen-bond acceptors (Lipinski definition) is 1. The van der Waals surface area contributed by atoms with Gasteiger partial charge in [-0.3, -0.25) is 0 Å². The summed E-state index contributed by atoms with van der Waals surface area (Å²) >= 11 is 2.89. The summed E-state index contributed by atoms with van der Waals surface area (Å²) in [6, 6.07) is 2.70. The van der Waals surface area contributed by atoms with Crippen molar-refractivity contribution in [2.75, 3.05) is 0 Å². The Labute approximate surface area is 95.8 Å². The number of nitrogens with two attached hydrogens (primary N) is 1. The van der Waals surface area contributed by atoms with E-state index in [0.29, 0.717) is 5.56 Å². The highest BCUT2D eigenvalue weighted by molar-refractivity contribution is 9.10. The van der Waals surface area contributed by atoms with Crippen LogP contribution in [0.5, 0.6) is 0 Å². The third kappa shape index (κ3) is 1.51. The molecular weight excluding hydrogens is 264 g/mol. The summed E-state index contributed by atoms with van der Waals surface area (Å²) in [5.41, 5.74) is 6.26. The van der Waals surface area contributed by atoms with Gasteiger partial charge in [0.15, 0.2) is 0 Å². The predicted molar refractivity (Wildman–Crippen MR) is 58.6 cm³/mol. The Morgan fingerprint density at radius 2 is 1.87 bits per heavy atom. The van der Waals surface area contributed by atoms with Crippen LogP contribution in [-0.2, 0) is 0 Å². The fourth-order valence-corrected chi connectivity index (χ4v) is 2.41. The first-order chi connectivity index (χ1) is 6.87. The molecule has 1 nitrogen and oxygen atoms in total. The maximum atomic E-state index is 13.7. The Hall–Kier alpha value is -0.480. The highest BCUT2D eigenvalue weighted by atomic mass is 79.9. The Morgan fingerprint density at radius 3 is 2.33 bits per heavy atom. The summed E-state index contributed by atoms with van der Waals surface area (Å²) in [6.45, 7) is 3.97. The third-order valence-electron chi connectivity index (χ3n) is 3.31. The number of rotatable bonds is 1. The van der Waals surface area contributed by atoms with Gasteiger partial charge >= 0.3 is 0 Å². The van der Waals surface area contributed by atoms with Crippen molar-refractivity contribution in [3.8, 4) is 0 Å². The van der Waals surface area contributed by atoms with E-state index in [9.17, 15) is 8.78 Å². The molecule has 0 heterocycles. The average molecular weight is 276 g/mol. The molecule has 0 radical (unpaired) electrons. The van der Waals surface area contributed by atoms with Gasteiger partial charge in [0.05, 0.1) is 4.47 Å². The van der Waals surface area contributed by atoms with E-state index < -0.39 is 11.6 Å². The Kier molecular flexibility index (Phi) is 2.39. The number of hydrogen-bond donors (Lipinski definition) is 1. The van der Waals surface area contributed by atoms with Crippen LogP contribution in [0.2, 0.25) is 0 Å². The van der Waals surface area contributed by atoms with Gasteiger partial charge in [-0.05, 0) is 33.0 Å². The molecular formula is C11H12BrF2N. The van der Waals surface area contributed by atoms with Crippen molar-refractivity contribution < 1.29 is 8.78 Å². The van der Waals surface area contributed by atoms with E-state index in [4.69, 9.17) is 5.73 Å². The summed E-state index contributed by atoms with van der Waals surface area (Å²) in [7, 11) is 0. The monoisotopic (exact) mass is 275 g/mol. The second-order valence-electron chi connectivity index (χ2n) is 4.59. The Balaban J connectivity index is 2.44. The van der Waals surface area contributed by atoms with Crippen molar-refractivity contribution in [3.05, 3.63) is 33.8 Å². The molecule has 2 atom stereocenters. The van der Waals surface area contributed by atoms with Crippen LogP contribution >= 0.6 is 15.9 Å². The lowest BCUT2D eigenvalue weighted by Crippen LogP contribution is -2.06. The van der Waals surface area contributed by atoms with E-state index >= 15 is 0 Å². The zero-order chi connectivity index (χ0) is 11.4. The van der Waals surface area contributed by atoms with E-state index in [1.807, 2.05) is 13.8 Å². The van der Waals surface area contributed by atoms with Crippen LogP contribution in [0, 0.1) is 17.0 Å². The van der Waals surface area contributed by atoms with Gasteiger partial charge in [-0.25, -0.2) is 8.78 Å². The first-order valence-corrected chi connectivity index (χ1v) is 5.55. The Morgan fingerprint density at radius 1 is 1.33 bits per heavy atom. The molecule has 0 aliphatic heterocycles. The van der Waals surface area contributed by atoms with Crippen molar-refractivity contribution in [3.63, 3.8) is 0 Å². The fourth-order valence-electron chi connectivity index (χ4n) is 2.05. The average Bonchev–Trinajstić information content (AvgIpc) is 2.64. The molecule has 0 saturated heterocycles. The molecule has 0 amide bonds. The first-order valence-electron chi connectivity index (χ1n) is 4.76. The maximum absolute atomic E-state index is 13.7. The summed E-state index contributed by atoms with van der Waals surface area (Å²) in [4.78, 5) is 0. The van der Waals surface area contributed by atoms with Crippen molar-refractivity contribution in [1.82, 2.24) is 0 Å². The first kappa shape index (κ1) is 11.0. The molecule has 1 aromatic rings. The smallest absolute Gasteiger partial charge is 0.143 e. The van der Waals surface area contributed by atoms with Crippen LogP contribution < -0.4 is 5.73 Å². The highest BCUT2D eigenvalue weighted by Gasteiger charge is 2.57. The van der Waals surface area contributed by atoms with E-state index in [-0.39, 0.29) is 21.8 Å². The van der Waals surface area contributed by atoms with Gasteiger partial charge < -0.3 is 5.73 Å².